The van der Waals surface area contributed by atoms with Crippen molar-refractivity contribution < 1.29 is 18.7 Å². The highest BCUT2D eigenvalue weighted by molar-refractivity contribution is 5.93. The molecule has 1 atom stereocenters. The first kappa shape index (κ1) is 22.5. The number of fused-ring (bicyclic) bond motifs is 1. The number of anilines is 2. The number of hydrogen-bond donors (Lipinski definition) is 2. The molecule has 3 heterocycles. The van der Waals surface area contributed by atoms with Crippen molar-refractivity contribution in [3.05, 3.63) is 54.0 Å². The molecule has 0 spiro atoms. The predicted molar refractivity (Wildman–Crippen MR) is 122 cm³/mol. The van der Waals surface area contributed by atoms with E-state index in [-0.39, 0.29) is 18.4 Å². The third-order valence-electron chi connectivity index (χ3n) is 5.19. The number of halogens is 1. The van der Waals surface area contributed by atoms with E-state index in [1.54, 1.807) is 37.4 Å². The molecule has 174 valence electrons. The molecule has 0 bridgehead atoms. The van der Waals surface area contributed by atoms with Crippen molar-refractivity contribution in [2.45, 2.75) is 45.3 Å². The Morgan fingerprint density at radius 2 is 2.06 bits per heavy atom. The fraction of sp³-hybridized carbons (Fsp3) is 0.391. The van der Waals surface area contributed by atoms with Crippen LogP contribution in [0.3, 0.4) is 0 Å². The first-order valence-corrected chi connectivity index (χ1v) is 10.8. The summed E-state index contributed by atoms with van der Waals surface area (Å²) in [5, 5.41) is 9.81. The van der Waals surface area contributed by atoms with E-state index < -0.39 is 17.6 Å². The maximum atomic E-state index is 13.8. The van der Waals surface area contributed by atoms with Crippen LogP contribution in [0, 0.1) is 5.82 Å². The molecule has 2 aromatic heterocycles. The van der Waals surface area contributed by atoms with Crippen molar-refractivity contribution >= 4 is 29.3 Å². The topological polar surface area (TPSA) is 101 Å². The van der Waals surface area contributed by atoms with E-state index in [1.807, 2.05) is 18.2 Å². The van der Waals surface area contributed by atoms with Gasteiger partial charge in [0.25, 0.3) is 0 Å². The first-order chi connectivity index (χ1) is 15.7. The molecule has 3 aromatic rings. The van der Waals surface area contributed by atoms with Gasteiger partial charge in [-0.1, -0.05) is 12.1 Å². The molecule has 1 aliphatic rings. The number of rotatable bonds is 5. The minimum atomic E-state index is -0.673. The highest BCUT2D eigenvalue weighted by Crippen LogP contribution is 2.35. The minimum Gasteiger partial charge on any atom is -0.444 e. The summed E-state index contributed by atoms with van der Waals surface area (Å²) < 4.78 is 20.4. The molecule has 1 fully saturated rings. The molecule has 1 aliphatic heterocycles. The lowest BCUT2D eigenvalue weighted by Gasteiger charge is -2.26. The van der Waals surface area contributed by atoms with E-state index in [1.165, 1.54) is 12.3 Å². The number of aromatic nitrogens is 3. The van der Waals surface area contributed by atoms with Gasteiger partial charge in [0.2, 0.25) is 5.91 Å². The smallest absolute Gasteiger partial charge is 0.408 e. The van der Waals surface area contributed by atoms with Gasteiger partial charge in [0.1, 0.15) is 23.8 Å². The second-order valence-corrected chi connectivity index (χ2v) is 8.92. The van der Waals surface area contributed by atoms with Gasteiger partial charge in [-0.15, -0.1) is 5.10 Å². The van der Waals surface area contributed by atoms with Gasteiger partial charge in [-0.3, -0.25) is 4.79 Å². The van der Waals surface area contributed by atoms with Crippen LogP contribution >= 0.6 is 0 Å². The summed E-state index contributed by atoms with van der Waals surface area (Å²) >= 11 is 0. The van der Waals surface area contributed by atoms with E-state index in [9.17, 15) is 14.0 Å². The van der Waals surface area contributed by atoms with Crippen molar-refractivity contribution in [2.24, 2.45) is 0 Å². The zero-order chi connectivity index (χ0) is 23.6. The molecule has 1 aromatic carbocycles. The van der Waals surface area contributed by atoms with Crippen molar-refractivity contribution in [1.82, 2.24) is 19.9 Å². The number of benzene rings is 1. The Kier molecular flexibility index (Phi) is 6.17. The number of carbonyl (C=O) groups excluding carboxylic acids is 2. The number of carbonyl (C=O) groups is 2. The van der Waals surface area contributed by atoms with E-state index >= 15 is 0 Å². The van der Waals surface area contributed by atoms with Crippen LogP contribution in [0.1, 0.15) is 45.2 Å². The van der Waals surface area contributed by atoms with Crippen molar-refractivity contribution in [3.63, 3.8) is 0 Å². The average Bonchev–Trinajstić information content (AvgIpc) is 3.38. The zero-order valence-corrected chi connectivity index (χ0v) is 18.8. The number of amides is 2. The summed E-state index contributed by atoms with van der Waals surface area (Å²) in [6.45, 7) is 5.76. The largest absolute Gasteiger partial charge is 0.444 e. The molecule has 1 unspecified atom stereocenters. The molecule has 33 heavy (non-hydrogen) atoms. The number of hydrogen-bond acceptors (Lipinski definition) is 6. The number of ether oxygens (including phenoxy) is 1. The lowest BCUT2D eigenvalue weighted by Crippen LogP contribution is -2.37. The Morgan fingerprint density at radius 1 is 1.24 bits per heavy atom. The number of alkyl carbamates (subject to hydrolysis) is 1. The van der Waals surface area contributed by atoms with Crippen LogP contribution in [0.25, 0.3) is 5.65 Å². The lowest BCUT2D eigenvalue weighted by molar-refractivity contribution is -0.115. The predicted octanol–water partition coefficient (Wildman–Crippen LogP) is 3.67. The van der Waals surface area contributed by atoms with Crippen molar-refractivity contribution in [2.75, 3.05) is 23.3 Å². The summed E-state index contributed by atoms with van der Waals surface area (Å²) in [6.07, 6.45) is 2.69. The maximum Gasteiger partial charge on any atom is 0.408 e. The first-order valence-electron chi connectivity index (χ1n) is 10.8. The van der Waals surface area contributed by atoms with Crippen LogP contribution in [-0.2, 0) is 9.53 Å². The maximum absolute atomic E-state index is 13.8. The number of imidazole rings is 1. The lowest BCUT2D eigenvalue weighted by atomic mass is 10.0. The molecule has 0 aliphatic carbocycles. The quantitative estimate of drug-likeness (QED) is 0.610. The van der Waals surface area contributed by atoms with E-state index in [0.29, 0.717) is 17.3 Å². The highest BCUT2D eigenvalue weighted by atomic mass is 19.1. The van der Waals surface area contributed by atoms with Crippen LogP contribution in [0.4, 0.5) is 20.8 Å². The molecule has 0 saturated carbocycles. The van der Waals surface area contributed by atoms with Gasteiger partial charge in [0.05, 0.1) is 12.2 Å². The minimum absolute atomic E-state index is 0.0187. The molecule has 2 amide bonds. The Hall–Kier alpha value is -3.69. The monoisotopic (exact) mass is 454 g/mol. The van der Waals surface area contributed by atoms with E-state index in [0.717, 1.165) is 24.9 Å². The highest BCUT2D eigenvalue weighted by Gasteiger charge is 2.28. The summed E-state index contributed by atoms with van der Waals surface area (Å²) in [7, 11) is 0. The fourth-order valence-electron chi connectivity index (χ4n) is 3.86. The molecule has 9 nitrogen and oxygen atoms in total. The van der Waals surface area contributed by atoms with Gasteiger partial charge in [-0.05, 0) is 63.4 Å². The number of nitrogens with one attached hydrogen (secondary N) is 2. The van der Waals surface area contributed by atoms with Gasteiger partial charge in [-0.2, -0.15) is 4.52 Å². The van der Waals surface area contributed by atoms with Gasteiger partial charge in [0, 0.05) is 6.54 Å². The molecular weight excluding hydrogens is 427 g/mol. The Morgan fingerprint density at radius 3 is 2.82 bits per heavy atom. The molecule has 2 N–H and O–H groups in total. The molecule has 4 rings (SSSR count). The molecule has 10 heteroatoms. The summed E-state index contributed by atoms with van der Waals surface area (Å²) in [5.41, 5.74) is 0.819. The van der Waals surface area contributed by atoms with E-state index in [2.05, 4.69) is 25.6 Å². The van der Waals surface area contributed by atoms with E-state index in [4.69, 9.17) is 4.74 Å². The van der Waals surface area contributed by atoms with Gasteiger partial charge in [-0.25, -0.2) is 14.2 Å². The SMILES string of the molecule is CC(C)(C)OC(=O)NCC(=O)Nc1cnc2ccc(N3CCCC3c3cccc(F)c3)nn12. The summed E-state index contributed by atoms with van der Waals surface area (Å²) in [6, 6.07) is 10.3. The third-order valence-corrected chi connectivity index (χ3v) is 5.19. The Balaban J connectivity index is 1.48. The zero-order valence-electron chi connectivity index (χ0n) is 18.8. The fourth-order valence-corrected chi connectivity index (χ4v) is 3.86. The van der Waals surface area contributed by atoms with Crippen LogP contribution in [-0.4, -0.2) is 45.3 Å². The number of nitrogens with zero attached hydrogens (tertiary/aromatic N) is 4. The normalized spacial score (nSPS) is 16.1. The Labute approximate surface area is 190 Å². The summed E-state index contributed by atoms with van der Waals surface area (Å²) in [5.74, 6) is 0.384. The van der Waals surface area contributed by atoms with Crippen molar-refractivity contribution in [3.8, 4) is 0 Å². The third kappa shape index (κ3) is 5.39. The molecular formula is C23H27FN6O3. The standard InChI is InChI=1S/C23H27FN6O3/c1-23(2,3)33-22(32)26-14-21(31)27-20-13-25-18-9-10-19(28-30(18)20)29-11-5-8-17(29)15-6-4-7-16(24)12-15/h4,6-7,9-10,12-13,17H,5,8,11,14H2,1-3H3,(H,26,32)(H,27,31). The second kappa shape index (κ2) is 9.05. The molecule has 0 radical (unpaired) electrons. The molecule has 1 saturated heterocycles. The van der Waals surface area contributed by atoms with Crippen LogP contribution in [0.2, 0.25) is 0 Å². The van der Waals surface area contributed by atoms with Crippen LogP contribution < -0.4 is 15.5 Å². The van der Waals surface area contributed by atoms with Gasteiger partial charge >= 0.3 is 6.09 Å². The Bertz CT molecular complexity index is 1170. The summed E-state index contributed by atoms with van der Waals surface area (Å²) in [4.78, 5) is 30.5. The van der Waals surface area contributed by atoms with Crippen LogP contribution in [0.5, 0.6) is 0 Å². The van der Waals surface area contributed by atoms with Crippen LogP contribution in [0.15, 0.2) is 42.6 Å². The van der Waals surface area contributed by atoms with Gasteiger partial charge < -0.3 is 20.3 Å². The average molecular weight is 455 g/mol. The second-order valence-electron chi connectivity index (χ2n) is 8.92. The van der Waals surface area contributed by atoms with Gasteiger partial charge in [0.15, 0.2) is 11.5 Å². The van der Waals surface area contributed by atoms with Crippen molar-refractivity contribution in [1.29, 1.82) is 0 Å².